The van der Waals surface area contributed by atoms with E-state index in [0.717, 1.165) is 29.5 Å². The van der Waals surface area contributed by atoms with Crippen molar-refractivity contribution in [2.75, 3.05) is 11.9 Å². The number of hydrogen-bond donors (Lipinski definition) is 3. The number of rotatable bonds is 8. The highest BCUT2D eigenvalue weighted by atomic mass is 16.2. The van der Waals surface area contributed by atoms with Crippen molar-refractivity contribution in [1.82, 2.24) is 20.5 Å². The molecule has 178 valence electrons. The van der Waals surface area contributed by atoms with Gasteiger partial charge in [-0.15, -0.1) is 5.10 Å². The number of carbonyl (C=O) groups excluding carboxylic acids is 1. The third kappa shape index (κ3) is 5.73. The molecule has 2 amide bonds. The molecule has 0 fully saturated rings. The molecule has 35 heavy (non-hydrogen) atoms. The molecule has 0 saturated carbocycles. The van der Waals surface area contributed by atoms with Crippen molar-refractivity contribution in [3.63, 3.8) is 0 Å². The number of nitrogens with one attached hydrogen (secondary N) is 3. The van der Waals surface area contributed by atoms with Crippen molar-refractivity contribution >= 4 is 34.0 Å². The highest BCUT2D eigenvalue weighted by molar-refractivity contribution is 5.99. The zero-order valence-electron chi connectivity index (χ0n) is 19.8. The Balaban J connectivity index is 1.56. The molecule has 0 spiro atoms. The van der Waals surface area contributed by atoms with Gasteiger partial charge in [-0.3, -0.25) is 4.79 Å². The van der Waals surface area contributed by atoms with Gasteiger partial charge in [-0.05, 0) is 49.2 Å². The molecule has 3 aromatic carbocycles. The number of hydrogen-bond acceptors (Lipinski definition) is 5. The summed E-state index contributed by atoms with van der Waals surface area (Å²) in [7, 11) is 0. The first kappa shape index (κ1) is 23.7. The van der Waals surface area contributed by atoms with Gasteiger partial charge in [0.2, 0.25) is 0 Å². The number of benzene rings is 3. The lowest BCUT2D eigenvalue weighted by Crippen LogP contribution is -2.33. The van der Waals surface area contributed by atoms with Gasteiger partial charge in [0.15, 0.2) is 5.82 Å². The molecule has 0 radical (unpaired) electrons. The molecule has 0 aliphatic rings. The summed E-state index contributed by atoms with van der Waals surface area (Å²) < 4.78 is 1.41. The van der Waals surface area contributed by atoms with E-state index in [4.69, 9.17) is 0 Å². The Kier molecular flexibility index (Phi) is 7.52. The summed E-state index contributed by atoms with van der Waals surface area (Å²) >= 11 is 0. The normalized spacial score (nSPS) is 11.3. The summed E-state index contributed by atoms with van der Waals surface area (Å²) in [6, 6.07) is 24.1. The first-order valence-corrected chi connectivity index (χ1v) is 11.6. The molecule has 0 aliphatic heterocycles. The lowest BCUT2D eigenvalue weighted by molar-refractivity contribution is 0.241. The van der Waals surface area contributed by atoms with E-state index in [1.807, 2.05) is 79.7 Å². The molecule has 0 aliphatic carbocycles. The monoisotopic (exact) mass is 468 g/mol. The molecule has 0 unspecified atom stereocenters. The maximum Gasteiger partial charge on any atom is 0.335 e. The van der Waals surface area contributed by atoms with Gasteiger partial charge in [-0.2, -0.15) is 9.78 Å². The maximum absolute atomic E-state index is 13.1. The average Bonchev–Trinajstić information content (AvgIpc) is 2.90. The summed E-state index contributed by atoms with van der Waals surface area (Å²) in [5.41, 5.74) is 5.40. The van der Waals surface area contributed by atoms with Crippen molar-refractivity contribution in [3.8, 4) is 5.69 Å². The maximum atomic E-state index is 13.1. The van der Waals surface area contributed by atoms with E-state index in [0.29, 0.717) is 29.1 Å². The van der Waals surface area contributed by atoms with Crippen LogP contribution in [-0.4, -0.2) is 28.1 Å². The fourth-order valence-corrected chi connectivity index (χ4v) is 3.57. The fraction of sp³-hybridized carbons (Fsp3) is 0.185. The topological polar surface area (TPSA) is 100 Å². The number of hydrazone groups is 1. The number of urea groups is 1. The van der Waals surface area contributed by atoms with Crippen LogP contribution in [0.15, 0.2) is 88.8 Å². The third-order valence-corrected chi connectivity index (χ3v) is 5.51. The first-order valence-electron chi connectivity index (χ1n) is 11.6. The van der Waals surface area contributed by atoms with Crippen molar-refractivity contribution in [1.29, 1.82) is 0 Å². The number of unbranched alkanes of at least 4 members (excludes halogenated alkanes) is 1. The predicted molar refractivity (Wildman–Crippen MR) is 141 cm³/mol. The predicted octanol–water partition coefficient (Wildman–Crippen LogP) is 4.95. The molecule has 0 saturated heterocycles. The highest BCUT2D eigenvalue weighted by Crippen LogP contribution is 2.23. The zero-order chi connectivity index (χ0) is 24.6. The Bertz CT molecular complexity index is 1400. The van der Waals surface area contributed by atoms with E-state index in [1.54, 1.807) is 6.07 Å². The highest BCUT2D eigenvalue weighted by Gasteiger charge is 2.12. The van der Waals surface area contributed by atoms with E-state index in [2.05, 4.69) is 33.2 Å². The van der Waals surface area contributed by atoms with Crippen LogP contribution in [0.25, 0.3) is 16.5 Å². The van der Waals surface area contributed by atoms with E-state index < -0.39 is 0 Å². The minimum atomic E-state index is -0.317. The SMILES string of the molecule is CCCCNC(=O)N/N=C(\C)c1ccc(Nc2nn(-c3ccccc3)c(=O)c3ccccc23)cc1. The van der Waals surface area contributed by atoms with Crippen LogP contribution in [0.3, 0.4) is 0 Å². The van der Waals surface area contributed by atoms with Crippen LogP contribution in [0.1, 0.15) is 32.3 Å². The van der Waals surface area contributed by atoms with Gasteiger partial charge in [-0.1, -0.05) is 61.9 Å². The van der Waals surface area contributed by atoms with Gasteiger partial charge in [-0.25, -0.2) is 10.2 Å². The van der Waals surface area contributed by atoms with Crippen LogP contribution in [0, 0.1) is 0 Å². The molecular weight excluding hydrogens is 440 g/mol. The van der Waals surface area contributed by atoms with E-state index in [9.17, 15) is 9.59 Å². The molecular formula is C27H28N6O2. The van der Waals surface area contributed by atoms with E-state index >= 15 is 0 Å². The Morgan fingerprint density at radius 1 is 0.943 bits per heavy atom. The number of nitrogens with zero attached hydrogens (tertiary/aromatic N) is 3. The number of para-hydroxylation sites is 1. The molecule has 4 rings (SSSR count). The van der Waals surface area contributed by atoms with Crippen molar-refractivity contribution < 1.29 is 4.79 Å². The second-order valence-electron chi connectivity index (χ2n) is 8.07. The molecule has 0 atom stereocenters. The number of amides is 2. The van der Waals surface area contributed by atoms with Crippen LogP contribution in [0.2, 0.25) is 0 Å². The minimum Gasteiger partial charge on any atom is -0.338 e. The standard InChI is InChI=1S/C27H28N6O2/c1-3-4-18-28-27(35)31-30-19(2)20-14-16-21(17-15-20)29-25-23-12-8-9-13-24(23)26(34)33(32-25)22-10-6-5-7-11-22/h5-17H,3-4,18H2,1-2H3,(H,29,32)(H2,28,31,35)/b30-19+. The molecule has 8 heteroatoms. The molecule has 8 nitrogen and oxygen atoms in total. The Labute approximate surface area is 203 Å². The quantitative estimate of drug-likeness (QED) is 0.193. The van der Waals surface area contributed by atoms with Crippen molar-refractivity contribution in [2.24, 2.45) is 5.10 Å². The van der Waals surface area contributed by atoms with Crippen molar-refractivity contribution in [2.45, 2.75) is 26.7 Å². The van der Waals surface area contributed by atoms with Crippen LogP contribution in [0.4, 0.5) is 16.3 Å². The number of aromatic nitrogens is 2. The zero-order valence-corrected chi connectivity index (χ0v) is 19.8. The van der Waals surface area contributed by atoms with E-state index in [1.165, 1.54) is 4.68 Å². The Hall–Kier alpha value is -4.46. The van der Waals surface area contributed by atoms with Gasteiger partial charge in [0, 0.05) is 17.6 Å². The van der Waals surface area contributed by atoms with E-state index in [-0.39, 0.29) is 11.6 Å². The van der Waals surface area contributed by atoms with Gasteiger partial charge in [0.05, 0.1) is 16.8 Å². The second kappa shape index (κ2) is 11.1. The molecule has 0 bridgehead atoms. The fourth-order valence-electron chi connectivity index (χ4n) is 3.57. The lowest BCUT2D eigenvalue weighted by Gasteiger charge is -2.13. The Morgan fingerprint density at radius 3 is 2.34 bits per heavy atom. The third-order valence-electron chi connectivity index (χ3n) is 5.51. The number of fused-ring (bicyclic) bond motifs is 1. The number of anilines is 2. The summed E-state index contributed by atoms with van der Waals surface area (Å²) in [4.78, 5) is 24.9. The average molecular weight is 469 g/mol. The first-order chi connectivity index (χ1) is 17.1. The summed E-state index contributed by atoms with van der Waals surface area (Å²) in [6.07, 6.45) is 1.94. The largest absolute Gasteiger partial charge is 0.338 e. The number of carbonyl (C=O) groups is 1. The van der Waals surface area contributed by atoms with Gasteiger partial charge < -0.3 is 10.6 Å². The summed E-state index contributed by atoms with van der Waals surface area (Å²) in [5.74, 6) is 0.576. The van der Waals surface area contributed by atoms with Gasteiger partial charge in [0.25, 0.3) is 5.56 Å². The van der Waals surface area contributed by atoms with Crippen LogP contribution in [0.5, 0.6) is 0 Å². The van der Waals surface area contributed by atoms with Gasteiger partial charge >= 0.3 is 6.03 Å². The summed E-state index contributed by atoms with van der Waals surface area (Å²) in [6.45, 7) is 4.52. The van der Waals surface area contributed by atoms with Crippen LogP contribution >= 0.6 is 0 Å². The molecule has 4 aromatic rings. The van der Waals surface area contributed by atoms with Crippen LogP contribution in [-0.2, 0) is 0 Å². The lowest BCUT2D eigenvalue weighted by atomic mass is 10.1. The van der Waals surface area contributed by atoms with Gasteiger partial charge in [0.1, 0.15) is 0 Å². The smallest absolute Gasteiger partial charge is 0.335 e. The van der Waals surface area contributed by atoms with Crippen LogP contribution < -0.4 is 21.6 Å². The Morgan fingerprint density at radius 2 is 1.63 bits per heavy atom. The minimum absolute atomic E-state index is 0.175. The molecule has 1 heterocycles. The molecule has 1 aromatic heterocycles. The second-order valence-corrected chi connectivity index (χ2v) is 8.07. The molecule has 3 N–H and O–H groups in total. The van der Waals surface area contributed by atoms with Crippen molar-refractivity contribution in [3.05, 3.63) is 94.8 Å². The summed E-state index contributed by atoms with van der Waals surface area (Å²) in [5, 5.41) is 16.2.